The number of fused-ring (bicyclic) bond motifs is 1. The van der Waals surface area contributed by atoms with Crippen LogP contribution in [0.15, 0.2) is 22.7 Å². The maximum Gasteiger partial charge on any atom is 0.254 e. The molecule has 0 fully saturated rings. The molecule has 1 aromatic carbocycles. The highest BCUT2D eigenvalue weighted by molar-refractivity contribution is 5.98. The molecule has 7 nitrogen and oxygen atoms in total. The van der Waals surface area contributed by atoms with Gasteiger partial charge in [-0.15, -0.1) is 0 Å². The van der Waals surface area contributed by atoms with Crippen molar-refractivity contribution < 1.29 is 14.1 Å². The van der Waals surface area contributed by atoms with Crippen LogP contribution in [0.2, 0.25) is 0 Å². The molecule has 0 saturated heterocycles. The summed E-state index contributed by atoms with van der Waals surface area (Å²) < 4.78 is 4.91. The number of nitrogens with zero attached hydrogens (tertiary/aromatic N) is 4. The zero-order valence-electron chi connectivity index (χ0n) is 13.4. The largest absolute Gasteiger partial charge is 0.340 e. The molecule has 2 amide bonds. The quantitative estimate of drug-likeness (QED) is 0.859. The van der Waals surface area contributed by atoms with Gasteiger partial charge in [0, 0.05) is 38.7 Å². The van der Waals surface area contributed by atoms with Gasteiger partial charge in [-0.1, -0.05) is 5.16 Å². The van der Waals surface area contributed by atoms with Crippen LogP contribution in [0.4, 0.5) is 5.69 Å². The first-order valence-corrected chi connectivity index (χ1v) is 7.40. The molecule has 0 bridgehead atoms. The summed E-state index contributed by atoms with van der Waals surface area (Å²) in [6.07, 6.45) is 1.13. The Balaban J connectivity index is 1.78. The van der Waals surface area contributed by atoms with Gasteiger partial charge in [0.15, 0.2) is 5.82 Å². The summed E-state index contributed by atoms with van der Waals surface area (Å²) >= 11 is 0. The van der Waals surface area contributed by atoms with Crippen molar-refractivity contribution in [1.82, 2.24) is 15.0 Å². The molecule has 2 heterocycles. The van der Waals surface area contributed by atoms with Crippen molar-refractivity contribution in [2.24, 2.45) is 0 Å². The summed E-state index contributed by atoms with van der Waals surface area (Å²) in [6.45, 7) is 1.99. The van der Waals surface area contributed by atoms with Gasteiger partial charge in [0.2, 0.25) is 11.8 Å². The average Bonchev–Trinajstić information content (AvgIpc) is 2.95. The van der Waals surface area contributed by atoms with Crippen molar-refractivity contribution >= 4 is 17.5 Å². The zero-order chi connectivity index (χ0) is 16.6. The lowest BCUT2D eigenvalue weighted by molar-refractivity contribution is -0.118. The number of benzene rings is 1. The fourth-order valence-electron chi connectivity index (χ4n) is 2.70. The zero-order valence-corrected chi connectivity index (χ0v) is 13.4. The Hall–Kier alpha value is -2.70. The maximum absolute atomic E-state index is 12.5. The Labute approximate surface area is 133 Å². The second kappa shape index (κ2) is 5.83. The van der Waals surface area contributed by atoms with Crippen molar-refractivity contribution in [3.8, 4) is 0 Å². The molecule has 1 aliphatic rings. The standard InChI is InChI=1S/C16H18N4O3/c1-10-17-14(18-23-10)9-19(2)16(22)12-4-6-13-11(8-12)5-7-15(21)20(13)3/h4,6,8H,5,7,9H2,1-3H3. The molecule has 0 spiro atoms. The molecule has 23 heavy (non-hydrogen) atoms. The van der Waals surface area contributed by atoms with E-state index in [1.165, 1.54) is 0 Å². The molecule has 2 aromatic rings. The summed E-state index contributed by atoms with van der Waals surface area (Å²) in [5.74, 6) is 0.931. The number of hydrogen-bond donors (Lipinski definition) is 0. The third-order valence-corrected chi connectivity index (χ3v) is 3.97. The number of aryl methyl sites for hydroxylation is 2. The minimum atomic E-state index is -0.116. The van der Waals surface area contributed by atoms with Crippen LogP contribution in [0.1, 0.15) is 34.1 Å². The highest BCUT2D eigenvalue weighted by Gasteiger charge is 2.23. The van der Waals surface area contributed by atoms with E-state index in [2.05, 4.69) is 10.1 Å². The van der Waals surface area contributed by atoms with E-state index in [4.69, 9.17) is 4.52 Å². The van der Waals surface area contributed by atoms with Crippen molar-refractivity contribution in [2.75, 3.05) is 19.0 Å². The Morgan fingerprint density at radius 3 is 2.87 bits per heavy atom. The molecule has 0 atom stereocenters. The van der Waals surface area contributed by atoms with E-state index in [1.54, 1.807) is 36.9 Å². The van der Waals surface area contributed by atoms with Crippen molar-refractivity contribution in [2.45, 2.75) is 26.3 Å². The Morgan fingerprint density at radius 1 is 1.39 bits per heavy atom. The van der Waals surface area contributed by atoms with Gasteiger partial charge in [0.25, 0.3) is 5.91 Å². The fourth-order valence-corrected chi connectivity index (χ4v) is 2.70. The summed E-state index contributed by atoms with van der Waals surface area (Å²) in [6, 6.07) is 5.43. The van der Waals surface area contributed by atoms with Crippen molar-refractivity contribution in [1.29, 1.82) is 0 Å². The van der Waals surface area contributed by atoms with Gasteiger partial charge in [-0.25, -0.2) is 0 Å². The number of carbonyl (C=O) groups excluding carboxylic acids is 2. The van der Waals surface area contributed by atoms with Gasteiger partial charge in [0.1, 0.15) is 0 Å². The molecule has 0 N–H and O–H groups in total. The Bertz CT molecular complexity index is 768. The molecule has 7 heteroatoms. The highest BCUT2D eigenvalue weighted by atomic mass is 16.5. The summed E-state index contributed by atoms with van der Waals surface area (Å²) in [5.41, 5.74) is 2.48. The van der Waals surface area contributed by atoms with Crippen molar-refractivity contribution in [3.05, 3.63) is 41.0 Å². The molecule has 120 valence electrons. The van der Waals surface area contributed by atoms with E-state index in [9.17, 15) is 9.59 Å². The molecular weight excluding hydrogens is 296 g/mol. The first kappa shape index (κ1) is 15.2. The van der Waals surface area contributed by atoms with Gasteiger partial charge < -0.3 is 14.3 Å². The minimum absolute atomic E-state index is 0.0983. The van der Waals surface area contributed by atoms with Crippen LogP contribution < -0.4 is 4.90 Å². The van der Waals surface area contributed by atoms with E-state index in [-0.39, 0.29) is 18.4 Å². The third kappa shape index (κ3) is 2.94. The first-order chi connectivity index (χ1) is 11.0. The predicted molar refractivity (Wildman–Crippen MR) is 83.0 cm³/mol. The lowest BCUT2D eigenvalue weighted by Crippen LogP contribution is -2.32. The molecule has 3 rings (SSSR count). The van der Waals surface area contributed by atoms with E-state index >= 15 is 0 Å². The Morgan fingerprint density at radius 2 is 2.17 bits per heavy atom. The van der Waals surface area contributed by atoms with Crippen molar-refractivity contribution in [3.63, 3.8) is 0 Å². The minimum Gasteiger partial charge on any atom is -0.340 e. The normalized spacial score (nSPS) is 13.9. The smallest absolute Gasteiger partial charge is 0.254 e. The van der Waals surface area contributed by atoms with E-state index < -0.39 is 0 Å². The summed E-state index contributed by atoms with van der Waals surface area (Å²) in [7, 11) is 3.45. The van der Waals surface area contributed by atoms with E-state index in [0.717, 1.165) is 11.3 Å². The first-order valence-electron chi connectivity index (χ1n) is 7.40. The summed E-state index contributed by atoms with van der Waals surface area (Å²) in [4.78, 5) is 31.5. The van der Waals surface area contributed by atoms with Gasteiger partial charge in [0.05, 0.1) is 6.54 Å². The average molecular weight is 314 g/mol. The third-order valence-electron chi connectivity index (χ3n) is 3.97. The van der Waals surface area contributed by atoms with E-state index in [0.29, 0.717) is 30.1 Å². The van der Waals surface area contributed by atoms with Crippen LogP contribution in [0, 0.1) is 6.92 Å². The molecular formula is C16H18N4O3. The number of hydrogen-bond acceptors (Lipinski definition) is 5. The predicted octanol–water partition coefficient (Wildman–Crippen LogP) is 1.56. The van der Waals surface area contributed by atoms with Crippen LogP contribution in [0.25, 0.3) is 0 Å². The van der Waals surface area contributed by atoms with Gasteiger partial charge in [-0.3, -0.25) is 9.59 Å². The van der Waals surface area contributed by atoms with Crippen LogP contribution in [0.5, 0.6) is 0 Å². The SMILES string of the molecule is Cc1nc(CN(C)C(=O)c2ccc3c(c2)CCC(=O)N3C)no1. The van der Waals surface area contributed by atoms with Crippen LogP contribution in [-0.2, 0) is 17.8 Å². The number of amides is 2. The molecule has 1 aliphatic heterocycles. The highest BCUT2D eigenvalue weighted by Crippen LogP contribution is 2.27. The molecule has 0 radical (unpaired) electrons. The van der Waals surface area contributed by atoms with Gasteiger partial charge in [-0.2, -0.15) is 4.98 Å². The lowest BCUT2D eigenvalue weighted by Gasteiger charge is -2.26. The number of carbonyl (C=O) groups is 2. The number of anilines is 1. The Kier molecular flexibility index (Phi) is 3.85. The number of rotatable bonds is 3. The van der Waals surface area contributed by atoms with Gasteiger partial charge >= 0.3 is 0 Å². The number of aromatic nitrogens is 2. The maximum atomic E-state index is 12.5. The summed E-state index contributed by atoms with van der Waals surface area (Å²) in [5, 5.41) is 3.80. The van der Waals surface area contributed by atoms with Crippen LogP contribution >= 0.6 is 0 Å². The topological polar surface area (TPSA) is 79.5 Å². The lowest BCUT2D eigenvalue weighted by atomic mass is 9.99. The molecule has 1 aromatic heterocycles. The molecule has 0 saturated carbocycles. The van der Waals surface area contributed by atoms with Crippen LogP contribution in [0.3, 0.4) is 0 Å². The second-order valence-electron chi connectivity index (χ2n) is 5.69. The molecule has 0 aliphatic carbocycles. The molecule has 0 unspecified atom stereocenters. The second-order valence-corrected chi connectivity index (χ2v) is 5.69. The fraction of sp³-hybridized carbons (Fsp3) is 0.375. The van der Waals surface area contributed by atoms with Gasteiger partial charge in [-0.05, 0) is 30.2 Å². The van der Waals surface area contributed by atoms with E-state index in [1.807, 2.05) is 12.1 Å². The van der Waals surface area contributed by atoms with Crippen LogP contribution in [-0.4, -0.2) is 41.0 Å². The monoisotopic (exact) mass is 314 g/mol.